The van der Waals surface area contributed by atoms with E-state index in [1.165, 1.54) is 86.5 Å². The summed E-state index contributed by atoms with van der Waals surface area (Å²) in [5.41, 5.74) is -1.34. The van der Waals surface area contributed by atoms with Gasteiger partial charge in [-0.05, 0) is 22.3 Å². The van der Waals surface area contributed by atoms with E-state index in [4.69, 9.17) is 9.47 Å². The zero-order valence-corrected chi connectivity index (χ0v) is 37.5. The highest BCUT2D eigenvalue weighted by Gasteiger charge is 2.58. The van der Waals surface area contributed by atoms with Gasteiger partial charge in [0.25, 0.3) is 0 Å². The van der Waals surface area contributed by atoms with E-state index in [0.29, 0.717) is 46.4 Å². The molecule has 0 radical (unpaired) electrons. The van der Waals surface area contributed by atoms with Crippen molar-refractivity contribution in [2.75, 3.05) is 26.2 Å². The van der Waals surface area contributed by atoms with Crippen LogP contribution in [0, 0.1) is 0 Å². The molecule has 6 atom stereocenters. The average molecular weight is 910 g/mol. The monoisotopic (exact) mass is 908 g/mol. The highest BCUT2D eigenvalue weighted by Crippen LogP contribution is 2.48. The number of carbonyl (C=O) groups is 2. The maximum absolute atomic E-state index is 13.4. The molecular formula is C50H66Cl2N2O9. The first kappa shape index (κ1) is 51.8. The minimum atomic E-state index is -1.78. The number of piperidine rings is 2. The summed E-state index contributed by atoms with van der Waals surface area (Å²) in [6.07, 6.45) is 13.9. The minimum Gasteiger partial charge on any atom is -1.00 e. The van der Waals surface area contributed by atoms with Gasteiger partial charge in [0.2, 0.25) is 11.2 Å². The first-order chi connectivity index (χ1) is 28.3. The Bertz CT molecular complexity index is 1780. The van der Waals surface area contributed by atoms with Gasteiger partial charge in [-0.15, -0.1) is 0 Å². The Hall–Kier alpha value is -3.88. The topological polar surface area (TPSA) is 188 Å². The van der Waals surface area contributed by atoms with Crippen LogP contribution >= 0.6 is 0 Å². The van der Waals surface area contributed by atoms with E-state index < -0.39 is 23.1 Å². The predicted octanol–water partition coefficient (Wildman–Crippen LogP) is -0.927. The zero-order valence-electron chi connectivity index (χ0n) is 36.0. The number of nitrogens with zero attached hydrogens (tertiary/aromatic N) is 2. The van der Waals surface area contributed by atoms with Crippen molar-refractivity contribution in [2.24, 2.45) is 0 Å². The van der Waals surface area contributed by atoms with Crippen LogP contribution in [0.3, 0.4) is 0 Å². The molecule has 0 aliphatic carbocycles. The Balaban J connectivity index is 0.000000256. The Morgan fingerprint density at radius 1 is 0.429 bits per heavy atom. The SMILES string of the molecule is O.O.O.O=C(OC1C[C@H]2CC[C@@H](C1)[N+]21CCCC1)C(O)(c1ccccc1)c1ccccc1.O=C(OC1C[C@H]2CC[C@@H](C1)[N+]21CCCC1)C(O)(c1ccccc1)c1ccccc1.[Cl-].[Cl-]. The van der Waals surface area contributed by atoms with Crippen LogP contribution in [-0.4, -0.2) is 110 Å². The molecule has 344 valence electrons. The van der Waals surface area contributed by atoms with Crippen LogP contribution in [0.25, 0.3) is 0 Å². The van der Waals surface area contributed by atoms with Crippen molar-refractivity contribution in [2.45, 2.75) is 125 Å². The summed E-state index contributed by atoms with van der Waals surface area (Å²) in [6, 6.07) is 39.2. The number of aliphatic hydroxyl groups is 2. The largest absolute Gasteiger partial charge is 1.00 e. The maximum Gasteiger partial charge on any atom is 0.347 e. The van der Waals surface area contributed by atoms with Gasteiger partial charge in [-0.1, -0.05) is 121 Å². The lowest BCUT2D eigenvalue weighted by Gasteiger charge is -2.47. The molecule has 6 aliphatic heterocycles. The normalized spacial score (nSPS) is 25.6. The molecule has 6 fully saturated rings. The average Bonchev–Trinajstić information content (AvgIpc) is 4.03. The molecule has 6 saturated heterocycles. The number of carbonyl (C=O) groups excluding carboxylic acids is 2. The number of esters is 2. The van der Waals surface area contributed by atoms with E-state index in [1.807, 2.05) is 72.8 Å². The summed E-state index contributed by atoms with van der Waals surface area (Å²) < 4.78 is 14.6. The van der Waals surface area contributed by atoms with Crippen LogP contribution in [0.2, 0.25) is 0 Å². The van der Waals surface area contributed by atoms with Crippen molar-refractivity contribution >= 4 is 11.9 Å². The lowest BCUT2D eigenvalue weighted by Crippen LogP contribution is -3.00. The highest BCUT2D eigenvalue weighted by molar-refractivity contribution is 5.86. The fourth-order valence-electron chi connectivity index (χ4n) is 12.6. The van der Waals surface area contributed by atoms with Crippen LogP contribution in [0.4, 0.5) is 0 Å². The molecular weight excluding hydrogens is 843 g/mol. The summed E-state index contributed by atoms with van der Waals surface area (Å²) in [6.45, 7) is 5.20. The predicted molar refractivity (Wildman–Crippen MR) is 233 cm³/mol. The quantitative estimate of drug-likeness (QED) is 0.170. The molecule has 0 amide bonds. The van der Waals surface area contributed by atoms with Crippen molar-refractivity contribution in [3.8, 4) is 0 Å². The van der Waals surface area contributed by atoms with Crippen LogP contribution in [0.1, 0.15) is 99.3 Å². The fourth-order valence-corrected chi connectivity index (χ4v) is 12.6. The Labute approximate surface area is 384 Å². The van der Waals surface area contributed by atoms with Crippen molar-refractivity contribution in [1.29, 1.82) is 0 Å². The van der Waals surface area contributed by atoms with Crippen molar-refractivity contribution in [3.05, 3.63) is 144 Å². The van der Waals surface area contributed by atoms with Crippen LogP contribution < -0.4 is 24.8 Å². The summed E-state index contributed by atoms with van der Waals surface area (Å²) in [5, 5.41) is 23.3. The van der Waals surface area contributed by atoms with Crippen LogP contribution in [0.5, 0.6) is 0 Å². The van der Waals surface area contributed by atoms with Gasteiger partial charge in [-0.25, -0.2) is 9.59 Å². The molecule has 4 aromatic carbocycles. The summed E-state index contributed by atoms with van der Waals surface area (Å²) in [5.74, 6) is -1.09. The molecule has 6 aliphatic rings. The molecule has 4 aromatic rings. The van der Waals surface area contributed by atoms with Gasteiger partial charge in [-0.3, -0.25) is 0 Å². The Morgan fingerprint density at radius 3 is 0.873 bits per heavy atom. The van der Waals surface area contributed by atoms with Crippen molar-refractivity contribution < 1.29 is 79.5 Å². The molecule has 0 aromatic heterocycles. The Kier molecular flexibility index (Phi) is 17.6. The number of hydrogen-bond acceptors (Lipinski definition) is 6. The molecule has 10 rings (SSSR count). The number of quaternary nitrogens is 2. The van der Waals surface area contributed by atoms with Gasteiger partial charge in [0.05, 0.1) is 50.3 Å². The van der Waals surface area contributed by atoms with E-state index in [0.717, 1.165) is 25.7 Å². The third kappa shape index (κ3) is 9.32. The van der Waals surface area contributed by atoms with E-state index >= 15 is 0 Å². The van der Waals surface area contributed by atoms with Gasteiger partial charge >= 0.3 is 11.9 Å². The van der Waals surface area contributed by atoms with E-state index in [9.17, 15) is 19.8 Å². The number of ether oxygens (including phenoxy) is 2. The minimum absolute atomic E-state index is 0. The van der Waals surface area contributed by atoms with Gasteiger partial charge in [-0.2, -0.15) is 0 Å². The third-order valence-corrected chi connectivity index (χ3v) is 15.4. The molecule has 8 N–H and O–H groups in total. The van der Waals surface area contributed by atoms with E-state index in [2.05, 4.69) is 0 Å². The van der Waals surface area contributed by atoms with Gasteiger partial charge in [0, 0.05) is 77.0 Å². The number of rotatable bonds is 8. The highest BCUT2D eigenvalue weighted by atomic mass is 35.5. The second kappa shape index (κ2) is 21.4. The zero-order chi connectivity index (χ0) is 39.8. The number of hydrogen-bond donors (Lipinski definition) is 2. The molecule has 4 bridgehead atoms. The second-order valence-corrected chi connectivity index (χ2v) is 18.2. The van der Waals surface area contributed by atoms with Crippen LogP contribution in [-0.2, 0) is 30.3 Å². The standard InChI is InChI=1S/2C25H30NO3.2ClH.3H2O/c2*27-24(25(28,19-9-3-1-4-10-19)20-11-5-2-6-12-20)29-23-17-21-13-14-22(18-23)26(21)15-7-8-16-26;;;;;/h2*1-6,9-12,21-23,28H,7-8,13-18H2;2*1H;3*1H2/q2*+1;;;;;/p-2/t2*21-,22+,23?;;;;;. The van der Waals surface area contributed by atoms with Crippen LogP contribution in [0.15, 0.2) is 121 Å². The first-order valence-electron chi connectivity index (χ1n) is 22.1. The molecule has 6 heterocycles. The van der Waals surface area contributed by atoms with Crippen molar-refractivity contribution in [3.63, 3.8) is 0 Å². The second-order valence-electron chi connectivity index (χ2n) is 18.2. The summed E-state index contributed by atoms with van der Waals surface area (Å²) in [7, 11) is 0. The maximum atomic E-state index is 13.4. The summed E-state index contributed by atoms with van der Waals surface area (Å²) >= 11 is 0. The van der Waals surface area contributed by atoms with E-state index in [1.54, 1.807) is 48.5 Å². The van der Waals surface area contributed by atoms with Gasteiger partial charge in [0.15, 0.2) is 0 Å². The molecule has 13 heteroatoms. The molecule has 11 nitrogen and oxygen atoms in total. The smallest absolute Gasteiger partial charge is 0.347 e. The fraction of sp³-hybridized carbons (Fsp3) is 0.480. The molecule has 0 saturated carbocycles. The van der Waals surface area contributed by atoms with Crippen molar-refractivity contribution in [1.82, 2.24) is 0 Å². The molecule has 2 unspecified atom stereocenters. The van der Waals surface area contributed by atoms with E-state index in [-0.39, 0.29) is 53.5 Å². The van der Waals surface area contributed by atoms with Gasteiger partial charge < -0.3 is 69.9 Å². The molecule has 63 heavy (non-hydrogen) atoms. The Morgan fingerprint density at radius 2 is 0.651 bits per heavy atom. The number of benzene rings is 4. The number of halogens is 2. The third-order valence-electron chi connectivity index (χ3n) is 15.4. The van der Waals surface area contributed by atoms with Gasteiger partial charge in [0.1, 0.15) is 12.2 Å². The lowest BCUT2D eigenvalue weighted by molar-refractivity contribution is -0.956. The first-order valence-corrected chi connectivity index (χ1v) is 22.1. The summed E-state index contributed by atoms with van der Waals surface area (Å²) in [4.78, 5) is 26.8. The molecule has 2 spiro atoms. The lowest BCUT2D eigenvalue weighted by atomic mass is 9.86.